The van der Waals surface area contributed by atoms with E-state index in [9.17, 15) is 0 Å². The van der Waals surface area contributed by atoms with E-state index in [4.69, 9.17) is 5.73 Å². The third-order valence-corrected chi connectivity index (χ3v) is 2.35. The predicted octanol–water partition coefficient (Wildman–Crippen LogP) is 1.72. The Morgan fingerprint density at radius 3 is 2.33 bits per heavy atom. The predicted molar refractivity (Wildman–Crippen MR) is 52.8 cm³/mol. The standard InChI is InChI=1S/C10H20N2/c1-5-9-10(6-8(4)11)12(9)7(2)3/h5,7-8,10H,6,11H2,1-4H3/b9-5+. The van der Waals surface area contributed by atoms with Gasteiger partial charge in [0.1, 0.15) is 0 Å². The van der Waals surface area contributed by atoms with E-state index in [2.05, 4.69) is 38.7 Å². The third-order valence-electron chi connectivity index (χ3n) is 2.35. The summed E-state index contributed by atoms with van der Waals surface area (Å²) < 4.78 is 0. The van der Waals surface area contributed by atoms with Gasteiger partial charge < -0.3 is 10.6 Å². The SMILES string of the molecule is C/C=C1\C(CC(C)N)N1C(C)C. The van der Waals surface area contributed by atoms with E-state index >= 15 is 0 Å². The lowest BCUT2D eigenvalue weighted by atomic mass is 10.2. The Morgan fingerprint density at radius 1 is 1.50 bits per heavy atom. The Kier molecular flexibility index (Phi) is 2.78. The fraction of sp³-hybridized carbons (Fsp3) is 0.800. The molecule has 1 aliphatic rings. The zero-order valence-electron chi connectivity index (χ0n) is 8.54. The second-order valence-electron chi connectivity index (χ2n) is 3.94. The van der Waals surface area contributed by atoms with E-state index in [0.717, 1.165) is 6.42 Å². The van der Waals surface area contributed by atoms with Crippen LogP contribution in [0.25, 0.3) is 0 Å². The highest BCUT2D eigenvalue weighted by atomic mass is 15.3. The van der Waals surface area contributed by atoms with E-state index in [0.29, 0.717) is 18.1 Å². The minimum atomic E-state index is 0.314. The van der Waals surface area contributed by atoms with Crippen molar-refractivity contribution in [1.29, 1.82) is 0 Å². The van der Waals surface area contributed by atoms with Crippen LogP contribution in [0.15, 0.2) is 11.8 Å². The average Bonchev–Trinajstić information content (AvgIpc) is 2.60. The first kappa shape index (κ1) is 9.59. The van der Waals surface area contributed by atoms with Crippen molar-refractivity contribution in [2.45, 2.75) is 52.2 Å². The number of hydrogen-bond acceptors (Lipinski definition) is 2. The lowest BCUT2D eigenvalue weighted by Gasteiger charge is -2.09. The van der Waals surface area contributed by atoms with Crippen molar-refractivity contribution in [3.63, 3.8) is 0 Å². The lowest BCUT2D eigenvalue weighted by Crippen LogP contribution is -2.20. The number of allylic oxidation sites excluding steroid dienone is 1. The highest BCUT2D eigenvalue weighted by Crippen LogP contribution is 2.37. The maximum absolute atomic E-state index is 5.76. The summed E-state index contributed by atoms with van der Waals surface area (Å²) in [6, 6.07) is 1.57. The van der Waals surface area contributed by atoms with Crippen LogP contribution >= 0.6 is 0 Å². The molecule has 1 fully saturated rings. The highest BCUT2D eigenvalue weighted by Gasteiger charge is 2.41. The molecule has 1 heterocycles. The zero-order valence-corrected chi connectivity index (χ0v) is 8.54. The number of rotatable bonds is 3. The first-order chi connectivity index (χ1) is 5.57. The minimum Gasteiger partial charge on any atom is -0.362 e. The first-order valence-electron chi connectivity index (χ1n) is 4.78. The van der Waals surface area contributed by atoms with Crippen LogP contribution in [0.4, 0.5) is 0 Å². The molecule has 12 heavy (non-hydrogen) atoms. The Bertz CT molecular complexity index is 182. The largest absolute Gasteiger partial charge is 0.362 e. The second kappa shape index (κ2) is 3.48. The summed E-state index contributed by atoms with van der Waals surface area (Å²) in [5.74, 6) is 0. The van der Waals surface area contributed by atoms with Crippen molar-refractivity contribution in [3.05, 3.63) is 11.8 Å². The molecule has 2 N–H and O–H groups in total. The topological polar surface area (TPSA) is 29.0 Å². The molecule has 2 nitrogen and oxygen atoms in total. The van der Waals surface area contributed by atoms with Gasteiger partial charge in [0.05, 0.1) is 6.04 Å². The van der Waals surface area contributed by atoms with Crippen molar-refractivity contribution in [3.8, 4) is 0 Å². The fourth-order valence-electron chi connectivity index (χ4n) is 1.86. The van der Waals surface area contributed by atoms with Crippen LogP contribution in [-0.4, -0.2) is 23.0 Å². The van der Waals surface area contributed by atoms with Gasteiger partial charge in [-0.05, 0) is 34.1 Å². The summed E-state index contributed by atoms with van der Waals surface area (Å²) in [4.78, 5) is 2.43. The molecule has 0 bridgehead atoms. The van der Waals surface area contributed by atoms with Gasteiger partial charge in [0.15, 0.2) is 0 Å². The van der Waals surface area contributed by atoms with Gasteiger partial charge in [0.2, 0.25) is 0 Å². The molecule has 0 saturated carbocycles. The van der Waals surface area contributed by atoms with E-state index in [1.807, 2.05) is 0 Å². The molecule has 1 aliphatic heterocycles. The van der Waals surface area contributed by atoms with Crippen molar-refractivity contribution in [2.24, 2.45) is 5.73 Å². The van der Waals surface area contributed by atoms with Gasteiger partial charge in [-0.2, -0.15) is 0 Å². The molecule has 70 valence electrons. The molecule has 0 radical (unpaired) electrons. The average molecular weight is 168 g/mol. The number of nitrogens with two attached hydrogens (primary N) is 1. The molecule has 1 saturated heterocycles. The molecule has 2 heteroatoms. The van der Waals surface area contributed by atoms with Crippen LogP contribution < -0.4 is 5.73 Å². The normalized spacial score (nSPS) is 28.3. The smallest absolute Gasteiger partial charge is 0.0702 e. The van der Waals surface area contributed by atoms with Gasteiger partial charge in [-0.15, -0.1) is 0 Å². The van der Waals surface area contributed by atoms with Crippen LogP contribution in [0.5, 0.6) is 0 Å². The maximum atomic E-state index is 5.76. The van der Waals surface area contributed by atoms with E-state index in [1.54, 1.807) is 0 Å². The Labute approximate surface area is 75.4 Å². The summed E-state index contributed by atoms with van der Waals surface area (Å²) in [5, 5.41) is 0. The Hall–Kier alpha value is -0.500. The molecule has 0 aromatic rings. The summed E-state index contributed by atoms with van der Waals surface area (Å²) in [7, 11) is 0. The molecule has 0 aromatic heterocycles. The fourth-order valence-corrected chi connectivity index (χ4v) is 1.86. The highest BCUT2D eigenvalue weighted by molar-refractivity contribution is 5.27. The molecule has 0 aliphatic carbocycles. The zero-order chi connectivity index (χ0) is 9.30. The van der Waals surface area contributed by atoms with Gasteiger partial charge in [0.25, 0.3) is 0 Å². The van der Waals surface area contributed by atoms with Crippen LogP contribution in [0, 0.1) is 0 Å². The Morgan fingerprint density at radius 2 is 2.08 bits per heavy atom. The Balaban J connectivity index is 2.48. The molecule has 2 atom stereocenters. The van der Waals surface area contributed by atoms with Crippen molar-refractivity contribution in [2.75, 3.05) is 0 Å². The van der Waals surface area contributed by atoms with Crippen molar-refractivity contribution >= 4 is 0 Å². The van der Waals surface area contributed by atoms with Gasteiger partial charge in [-0.25, -0.2) is 0 Å². The molecule has 2 unspecified atom stereocenters. The van der Waals surface area contributed by atoms with E-state index in [1.165, 1.54) is 5.70 Å². The molecular formula is C10H20N2. The van der Waals surface area contributed by atoms with Crippen LogP contribution in [0.1, 0.15) is 34.1 Å². The van der Waals surface area contributed by atoms with Gasteiger partial charge >= 0.3 is 0 Å². The summed E-state index contributed by atoms with van der Waals surface area (Å²) in [5.41, 5.74) is 7.23. The van der Waals surface area contributed by atoms with Gasteiger partial charge in [0, 0.05) is 17.8 Å². The quantitative estimate of drug-likeness (QED) is 0.650. The third kappa shape index (κ3) is 1.81. The van der Waals surface area contributed by atoms with Gasteiger partial charge in [-0.1, -0.05) is 6.08 Å². The van der Waals surface area contributed by atoms with E-state index < -0.39 is 0 Å². The molecule has 1 rings (SSSR count). The maximum Gasteiger partial charge on any atom is 0.0702 e. The summed E-state index contributed by atoms with van der Waals surface area (Å²) in [6.45, 7) is 8.63. The minimum absolute atomic E-state index is 0.314. The molecule has 0 aromatic carbocycles. The van der Waals surface area contributed by atoms with Crippen LogP contribution in [0.3, 0.4) is 0 Å². The van der Waals surface area contributed by atoms with Crippen LogP contribution in [-0.2, 0) is 0 Å². The number of nitrogens with zero attached hydrogens (tertiary/aromatic N) is 1. The first-order valence-corrected chi connectivity index (χ1v) is 4.78. The molecule has 0 spiro atoms. The van der Waals surface area contributed by atoms with Crippen molar-refractivity contribution < 1.29 is 0 Å². The van der Waals surface area contributed by atoms with Crippen LogP contribution in [0.2, 0.25) is 0 Å². The van der Waals surface area contributed by atoms with Crippen molar-refractivity contribution in [1.82, 2.24) is 4.90 Å². The summed E-state index contributed by atoms with van der Waals surface area (Å²) in [6.07, 6.45) is 3.30. The van der Waals surface area contributed by atoms with Gasteiger partial charge in [-0.3, -0.25) is 0 Å². The monoisotopic (exact) mass is 168 g/mol. The number of hydrogen-bond donors (Lipinski definition) is 1. The summed E-state index contributed by atoms with van der Waals surface area (Å²) >= 11 is 0. The molecule has 0 amide bonds. The molecular weight excluding hydrogens is 148 g/mol. The second-order valence-corrected chi connectivity index (χ2v) is 3.94. The lowest BCUT2D eigenvalue weighted by molar-refractivity contribution is 0.411. The van der Waals surface area contributed by atoms with E-state index in [-0.39, 0.29) is 0 Å².